The predicted octanol–water partition coefficient (Wildman–Crippen LogP) is 2.35. The Balaban J connectivity index is 2.30. The molecule has 0 atom stereocenters. The first-order chi connectivity index (χ1) is 9.81. The Bertz CT molecular complexity index is 781. The third-order valence-corrected chi connectivity index (χ3v) is 4.88. The van der Waals surface area contributed by atoms with Gasteiger partial charge in [0.2, 0.25) is 10.0 Å². The van der Waals surface area contributed by atoms with Crippen molar-refractivity contribution in [1.82, 2.24) is 9.71 Å². The molecule has 1 heterocycles. The molecular formula is C13H13BrFN3O2S. The van der Waals surface area contributed by atoms with E-state index < -0.39 is 20.7 Å². The summed E-state index contributed by atoms with van der Waals surface area (Å²) in [5.41, 5.74) is 7.31. The normalized spacial score (nSPS) is 11.6. The van der Waals surface area contributed by atoms with Gasteiger partial charge in [-0.15, -0.1) is 0 Å². The average molecular weight is 374 g/mol. The molecule has 1 aromatic carbocycles. The van der Waals surface area contributed by atoms with Gasteiger partial charge in [0.15, 0.2) is 5.82 Å². The van der Waals surface area contributed by atoms with Crippen molar-refractivity contribution < 1.29 is 12.8 Å². The summed E-state index contributed by atoms with van der Waals surface area (Å²) in [5, 5.41) is 0. The number of hydrogen-bond acceptors (Lipinski definition) is 4. The molecule has 0 bridgehead atoms. The van der Waals surface area contributed by atoms with Crippen molar-refractivity contribution in [3.63, 3.8) is 0 Å². The summed E-state index contributed by atoms with van der Waals surface area (Å²) in [6.07, 6.45) is 3.17. The van der Waals surface area contributed by atoms with E-state index in [0.29, 0.717) is 5.56 Å². The van der Waals surface area contributed by atoms with Gasteiger partial charge in [0, 0.05) is 24.6 Å². The van der Waals surface area contributed by atoms with Crippen LogP contribution in [0.4, 0.5) is 10.1 Å². The Kier molecular flexibility index (Phi) is 4.60. The van der Waals surface area contributed by atoms with Crippen LogP contribution in [0, 0.1) is 12.7 Å². The monoisotopic (exact) mass is 373 g/mol. The molecule has 0 aliphatic carbocycles. The number of rotatable bonds is 4. The van der Waals surface area contributed by atoms with Gasteiger partial charge in [-0.25, -0.2) is 17.5 Å². The number of sulfonamides is 1. The largest absolute Gasteiger partial charge is 0.399 e. The van der Waals surface area contributed by atoms with Crippen molar-refractivity contribution in [2.24, 2.45) is 0 Å². The van der Waals surface area contributed by atoms with Crippen molar-refractivity contribution >= 4 is 31.6 Å². The molecule has 0 aliphatic heterocycles. The van der Waals surface area contributed by atoms with Crippen LogP contribution in [0.1, 0.15) is 11.1 Å². The molecule has 0 amide bonds. The van der Waals surface area contributed by atoms with Gasteiger partial charge in [-0.2, -0.15) is 0 Å². The molecule has 21 heavy (non-hydrogen) atoms. The van der Waals surface area contributed by atoms with Crippen LogP contribution in [0.3, 0.4) is 0 Å². The molecule has 112 valence electrons. The molecule has 0 saturated heterocycles. The molecule has 0 unspecified atom stereocenters. The van der Waals surface area contributed by atoms with Crippen LogP contribution in [0.5, 0.6) is 0 Å². The van der Waals surface area contributed by atoms with E-state index in [4.69, 9.17) is 5.73 Å². The number of halogens is 2. The molecule has 3 N–H and O–H groups in total. The Labute approximate surface area is 130 Å². The van der Waals surface area contributed by atoms with Crippen LogP contribution in [-0.2, 0) is 16.6 Å². The van der Waals surface area contributed by atoms with Gasteiger partial charge in [0.25, 0.3) is 0 Å². The molecule has 0 saturated carbocycles. The fourth-order valence-corrected chi connectivity index (χ4v) is 3.46. The van der Waals surface area contributed by atoms with Gasteiger partial charge < -0.3 is 5.73 Å². The van der Waals surface area contributed by atoms with Crippen LogP contribution in [0.15, 0.2) is 40.0 Å². The zero-order chi connectivity index (χ0) is 15.6. The van der Waals surface area contributed by atoms with Crippen LogP contribution >= 0.6 is 15.9 Å². The summed E-state index contributed by atoms with van der Waals surface area (Å²) in [6.45, 7) is 1.86. The quantitative estimate of drug-likeness (QED) is 0.805. The van der Waals surface area contributed by atoms with Gasteiger partial charge in [0.05, 0.1) is 4.47 Å². The Morgan fingerprint density at radius 1 is 1.43 bits per heavy atom. The van der Waals surface area contributed by atoms with E-state index in [1.807, 2.05) is 6.92 Å². The highest BCUT2D eigenvalue weighted by atomic mass is 79.9. The summed E-state index contributed by atoms with van der Waals surface area (Å²) >= 11 is 2.94. The second-order valence-electron chi connectivity index (χ2n) is 4.44. The first kappa shape index (κ1) is 15.9. The summed E-state index contributed by atoms with van der Waals surface area (Å²) in [4.78, 5) is 3.44. The number of nitrogens with zero attached hydrogens (tertiary/aromatic N) is 1. The predicted molar refractivity (Wildman–Crippen MR) is 81.5 cm³/mol. The summed E-state index contributed by atoms with van der Waals surface area (Å²) in [6, 6.07) is 4.15. The molecule has 0 spiro atoms. The van der Waals surface area contributed by atoms with Crippen molar-refractivity contribution in [3.8, 4) is 0 Å². The van der Waals surface area contributed by atoms with Crippen molar-refractivity contribution in [3.05, 3.63) is 52.0 Å². The molecule has 2 rings (SSSR count). The minimum Gasteiger partial charge on any atom is -0.399 e. The topological polar surface area (TPSA) is 85.1 Å². The standard InChI is InChI=1S/C13H13BrFN3O2S/c1-8-2-3-17-6-9(8)7-18-21(19,20)12-5-10(16)4-11(14)13(12)15/h2-6,18H,7,16H2,1H3. The first-order valence-corrected chi connectivity index (χ1v) is 8.22. The summed E-state index contributed by atoms with van der Waals surface area (Å²) in [5.74, 6) is -0.875. The highest BCUT2D eigenvalue weighted by Crippen LogP contribution is 2.26. The average Bonchev–Trinajstić information content (AvgIpc) is 2.42. The van der Waals surface area contributed by atoms with E-state index in [9.17, 15) is 12.8 Å². The van der Waals surface area contributed by atoms with E-state index in [1.165, 1.54) is 6.07 Å². The molecule has 2 aromatic rings. The Morgan fingerprint density at radius 2 is 2.14 bits per heavy atom. The van der Waals surface area contributed by atoms with Crippen molar-refractivity contribution in [2.75, 3.05) is 5.73 Å². The number of nitrogen functional groups attached to an aromatic ring is 1. The zero-order valence-electron chi connectivity index (χ0n) is 11.1. The molecule has 1 aromatic heterocycles. The molecule has 0 aliphatic rings. The minimum absolute atomic E-state index is 0.000401. The van der Waals surface area contributed by atoms with E-state index >= 15 is 0 Å². The molecular weight excluding hydrogens is 361 g/mol. The number of aryl methyl sites for hydroxylation is 1. The lowest BCUT2D eigenvalue weighted by atomic mass is 10.2. The molecule has 8 heteroatoms. The van der Waals surface area contributed by atoms with Crippen molar-refractivity contribution in [1.29, 1.82) is 0 Å². The van der Waals surface area contributed by atoms with Crippen LogP contribution in [-0.4, -0.2) is 13.4 Å². The molecule has 0 fully saturated rings. The maximum absolute atomic E-state index is 13.9. The highest BCUT2D eigenvalue weighted by Gasteiger charge is 2.21. The Hall–Kier alpha value is -1.51. The number of nitrogens with two attached hydrogens (primary N) is 1. The number of nitrogens with one attached hydrogen (secondary N) is 1. The van der Waals surface area contributed by atoms with Gasteiger partial charge >= 0.3 is 0 Å². The Morgan fingerprint density at radius 3 is 2.81 bits per heavy atom. The third kappa shape index (κ3) is 3.58. The smallest absolute Gasteiger partial charge is 0.243 e. The maximum atomic E-state index is 13.9. The first-order valence-electron chi connectivity index (χ1n) is 5.95. The van der Waals surface area contributed by atoms with Crippen LogP contribution in [0.25, 0.3) is 0 Å². The summed E-state index contributed by atoms with van der Waals surface area (Å²) in [7, 11) is -4.01. The van der Waals surface area contributed by atoms with Gasteiger partial charge in [0.1, 0.15) is 4.90 Å². The van der Waals surface area contributed by atoms with E-state index in [0.717, 1.165) is 11.6 Å². The van der Waals surface area contributed by atoms with Gasteiger partial charge in [-0.1, -0.05) is 0 Å². The SMILES string of the molecule is Cc1ccncc1CNS(=O)(=O)c1cc(N)cc(Br)c1F. The fourth-order valence-electron chi connectivity index (χ4n) is 1.71. The second-order valence-corrected chi connectivity index (χ2v) is 7.03. The fraction of sp³-hybridized carbons (Fsp3) is 0.154. The van der Waals surface area contributed by atoms with E-state index in [2.05, 4.69) is 25.6 Å². The van der Waals surface area contributed by atoms with E-state index in [1.54, 1.807) is 18.5 Å². The number of aromatic nitrogens is 1. The van der Waals surface area contributed by atoms with Crippen molar-refractivity contribution in [2.45, 2.75) is 18.4 Å². The highest BCUT2D eigenvalue weighted by molar-refractivity contribution is 9.10. The summed E-state index contributed by atoms with van der Waals surface area (Å²) < 4.78 is 40.7. The van der Waals surface area contributed by atoms with E-state index in [-0.39, 0.29) is 16.7 Å². The molecule has 5 nitrogen and oxygen atoms in total. The minimum atomic E-state index is -4.01. The third-order valence-electron chi connectivity index (χ3n) is 2.91. The van der Waals surface area contributed by atoms with Gasteiger partial charge in [-0.3, -0.25) is 4.98 Å². The zero-order valence-corrected chi connectivity index (χ0v) is 13.5. The number of hydrogen-bond donors (Lipinski definition) is 2. The van der Waals surface area contributed by atoms with Crippen LogP contribution < -0.4 is 10.5 Å². The second kappa shape index (κ2) is 6.08. The van der Waals surface area contributed by atoms with Crippen LogP contribution in [0.2, 0.25) is 0 Å². The van der Waals surface area contributed by atoms with Gasteiger partial charge in [-0.05, 0) is 52.2 Å². The maximum Gasteiger partial charge on any atom is 0.243 e. The lowest BCUT2D eigenvalue weighted by molar-refractivity contribution is 0.554. The molecule has 0 radical (unpaired) electrons. The number of benzene rings is 1. The lowest BCUT2D eigenvalue weighted by Gasteiger charge is -2.10. The number of anilines is 1. The number of pyridine rings is 1. The lowest BCUT2D eigenvalue weighted by Crippen LogP contribution is -2.25.